The number of nitrogens with one attached hydrogen (secondary N) is 1. The highest BCUT2D eigenvalue weighted by Gasteiger charge is 2.21. The lowest BCUT2D eigenvalue weighted by atomic mass is 10.1. The second kappa shape index (κ2) is 5.98. The fourth-order valence-corrected chi connectivity index (χ4v) is 1.88. The number of rotatable bonds is 4. The third-order valence-corrected chi connectivity index (χ3v) is 3.04. The minimum Gasteiger partial charge on any atom is -0.441 e. The van der Waals surface area contributed by atoms with Crippen LogP contribution in [0.3, 0.4) is 0 Å². The molecule has 0 spiro atoms. The number of carbonyl (C=O) groups excluding carboxylic acids is 1. The second-order valence-electron chi connectivity index (χ2n) is 5.49. The van der Waals surface area contributed by atoms with Crippen molar-refractivity contribution in [2.45, 2.75) is 32.7 Å². The number of aromatic nitrogens is 1. The lowest BCUT2D eigenvalue weighted by molar-refractivity contribution is -0.121. The van der Waals surface area contributed by atoms with E-state index in [1.54, 1.807) is 32.9 Å². The summed E-state index contributed by atoms with van der Waals surface area (Å²) < 4.78 is 18.4. The molecular formula is C16H16FN3O2. The third kappa shape index (κ3) is 3.70. The van der Waals surface area contributed by atoms with E-state index in [0.717, 1.165) is 0 Å². The van der Waals surface area contributed by atoms with Gasteiger partial charge in [0.05, 0.1) is 18.2 Å². The Labute approximate surface area is 127 Å². The summed E-state index contributed by atoms with van der Waals surface area (Å²) in [6.45, 7) is 4.94. The van der Waals surface area contributed by atoms with Crippen molar-refractivity contribution in [2.24, 2.45) is 0 Å². The number of aryl methyl sites for hydroxylation is 1. The van der Waals surface area contributed by atoms with Crippen LogP contribution in [-0.2, 0) is 11.2 Å². The zero-order valence-electron chi connectivity index (χ0n) is 12.6. The molecule has 2 rings (SSSR count). The molecule has 6 heteroatoms. The molecule has 0 aliphatic heterocycles. The van der Waals surface area contributed by atoms with Crippen LogP contribution in [0.4, 0.5) is 4.39 Å². The molecule has 0 saturated carbocycles. The van der Waals surface area contributed by atoms with Gasteiger partial charge < -0.3 is 9.73 Å². The predicted molar refractivity (Wildman–Crippen MR) is 78.2 cm³/mol. The molecule has 1 heterocycles. The largest absolute Gasteiger partial charge is 0.441 e. The number of halogens is 1. The van der Waals surface area contributed by atoms with Gasteiger partial charge in [0.15, 0.2) is 0 Å². The normalized spacial score (nSPS) is 11.0. The molecule has 2 aromatic rings. The molecule has 0 aliphatic carbocycles. The van der Waals surface area contributed by atoms with E-state index in [9.17, 15) is 9.18 Å². The van der Waals surface area contributed by atoms with Gasteiger partial charge in [-0.1, -0.05) is 0 Å². The summed E-state index contributed by atoms with van der Waals surface area (Å²) in [5.74, 6) is 0.197. The van der Waals surface area contributed by atoms with Crippen LogP contribution in [0, 0.1) is 24.1 Å². The number of oxazole rings is 1. The SMILES string of the molecule is Cc1oc(-c2ccc(F)cc2)nc1CC(=O)NC(C)(C)C#N. The van der Waals surface area contributed by atoms with E-state index < -0.39 is 5.54 Å². The molecule has 0 saturated heterocycles. The van der Waals surface area contributed by atoms with Gasteiger partial charge in [0.25, 0.3) is 0 Å². The van der Waals surface area contributed by atoms with Crippen LogP contribution >= 0.6 is 0 Å². The zero-order valence-corrected chi connectivity index (χ0v) is 12.6. The molecule has 0 unspecified atom stereocenters. The molecule has 0 bridgehead atoms. The van der Waals surface area contributed by atoms with Crippen LogP contribution in [0.25, 0.3) is 11.5 Å². The number of hydrogen-bond donors (Lipinski definition) is 1. The van der Waals surface area contributed by atoms with Crippen LogP contribution < -0.4 is 5.32 Å². The van der Waals surface area contributed by atoms with Crippen molar-refractivity contribution < 1.29 is 13.6 Å². The summed E-state index contributed by atoms with van der Waals surface area (Å²) in [6, 6.07) is 7.75. The summed E-state index contributed by atoms with van der Waals surface area (Å²) in [7, 11) is 0. The maximum Gasteiger partial charge on any atom is 0.227 e. The molecule has 1 N–H and O–H groups in total. The second-order valence-corrected chi connectivity index (χ2v) is 5.49. The van der Waals surface area contributed by atoms with Gasteiger partial charge in [-0.2, -0.15) is 5.26 Å². The first-order valence-corrected chi connectivity index (χ1v) is 6.75. The molecule has 0 atom stereocenters. The minimum absolute atomic E-state index is 0.0155. The Morgan fingerprint density at radius 3 is 2.64 bits per heavy atom. The number of carbonyl (C=O) groups is 1. The van der Waals surface area contributed by atoms with Crippen molar-refractivity contribution in [1.82, 2.24) is 10.3 Å². The van der Waals surface area contributed by atoms with E-state index in [1.807, 2.05) is 6.07 Å². The average molecular weight is 301 g/mol. The molecule has 1 aromatic carbocycles. The Kier molecular flexibility index (Phi) is 4.27. The highest BCUT2D eigenvalue weighted by Crippen LogP contribution is 2.22. The standard InChI is InChI=1S/C16H16FN3O2/c1-10-13(8-14(21)20-16(2,3)9-18)19-15(22-10)11-4-6-12(17)7-5-11/h4-7H,8H2,1-3H3,(H,20,21). The van der Waals surface area contributed by atoms with Crippen molar-refractivity contribution in [1.29, 1.82) is 5.26 Å². The van der Waals surface area contributed by atoms with E-state index >= 15 is 0 Å². The minimum atomic E-state index is -0.936. The van der Waals surface area contributed by atoms with Gasteiger partial charge in [-0.15, -0.1) is 0 Å². The highest BCUT2D eigenvalue weighted by atomic mass is 19.1. The third-order valence-electron chi connectivity index (χ3n) is 3.04. The van der Waals surface area contributed by atoms with E-state index in [2.05, 4.69) is 10.3 Å². The lowest BCUT2D eigenvalue weighted by Gasteiger charge is -2.16. The summed E-state index contributed by atoms with van der Waals surface area (Å²) in [5, 5.41) is 11.5. The summed E-state index contributed by atoms with van der Waals surface area (Å²) in [5.41, 5.74) is 0.188. The van der Waals surface area contributed by atoms with E-state index in [-0.39, 0.29) is 18.1 Å². The van der Waals surface area contributed by atoms with Crippen LogP contribution in [0.5, 0.6) is 0 Å². The molecular weight excluding hydrogens is 285 g/mol. The van der Waals surface area contributed by atoms with Crippen molar-refractivity contribution >= 4 is 5.91 Å². The number of nitriles is 1. The number of benzene rings is 1. The van der Waals surface area contributed by atoms with Gasteiger partial charge in [0, 0.05) is 5.56 Å². The van der Waals surface area contributed by atoms with Crippen LogP contribution in [0.1, 0.15) is 25.3 Å². The van der Waals surface area contributed by atoms with Crippen LogP contribution in [0.15, 0.2) is 28.7 Å². The summed E-state index contributed by atoms with van der Waals surface area (Å²) >= 11 is 0. The quantitative estimate of drug-likeness (QED) is 0.941. The molecule has 1 amide bonds. The van der Waals surface area contributed by atoms with E-state index in [1.165, 1.54) is 12.1 Å². The van der Waals surface area contributed by atoms with Gasteiger partial charge in [0.1, 0.15) is 17.1 Å². The Hall–Kier alpha value is -2.68. The fraction of sp³-hybridized carbons (Fsp3) is 0.312. The molecule has 0 aliphatic rings. The smallest absolute Gasteiger partial charge is 0.227 e. The fourth-order valence-electron chi connectivity index (χ4n) is 1.88. The summed E-state index contributed by atoms with van der Waals surface area (Å²) in [4.78, 5) is 16.2. The highest BCUT2D eigenvalue weighted by molar-refractivity contribution is 5.79. The molecule has 5 nitrogen and oxygen atoms in total. The Balaban J connectivity index is 2.15. The van der Waals surface area contributed by atoms with Gasteiger partial charge in [-0.3, -0.25) is 4.79 Å². The first-order valence-electron chi connectivity index (χ1n) is 6.75. The van der Waals surface area contributed by atoms with Crippen molar-refractivity contribution in [3.8, 4) is 17.5 Å². The Morgan fingerprint density at radius 1 is 1.41 bits per heavy atom. The molecule has 22 heavy (non-hydrogen) atoms. The van der Waals surface area contributed by atoms with Gasteiger partial charge >= 0.3 is 0 Å². The van der Waals surface area contributed by atoms with Crippen LogP contribution in [0.2, 0.25) is 0 Å². The summed E-state index contributed by atoms with van der Waals surface area (Å²) in [6.07, 6.45) is 0.0155. The molecule has 1 aromatic heterocycles. The lowest BCUT2D eigenvalue weighted by Crippen LogP contribution is -2.42. The maximum absolute atomic E-state index is 12.9. The van der Waals surface area contributed by atoms with Gasteiger partial charge in [-0.25, -0.2) is 9.37 Å². The zero-order chi connectivity index (χ0) is 16.3. The topological polar surface area (TPSA) is 78.9 Å². The Bertz CT molecular complexity index is 727. The monoisotopic (exact) mass is 301 g/mol. The first-order chi connectivity index (χ1) is 10.3. The average Bonchev–Trinajstić information content (AvgIpc) is 2.80. The van der Waals surface area contributed by atoms with Gasteiger partial charge in [0.2, 0.25) is 11.8 Å². The molecule has 0 radical (unpaired) electrons. The van der Waals surface area contributed by atoms with Crippen molar-refractivity contribution in [3.63, 3.8) is 0 Å². The molecule has 0 fully saturated rings. The number of amides is 1. The van der Waals surface area contributed by atoms with Crippen LogP contribution in [-0.4, -0.2) is 16.4 Å². The predicted octanol–water partition coefficient (Wildman–Crippen LogP) is 2.75. The van der Waals surface area contributed by atoms with Crippen molar-refractivity contribution in [3.05, 3.63) is 41.5 Å². The Morgan fingerprint density at radius 2 is 2.05 bits per heavy atom. The first kappa shape index (κ1) is 15.7. The number of nitrogens with zero attached hydrogens (tertiary/aromatic N) is 2. The van der Waals surface area contributed by atoms with E-state index in [4.69, 9.17) is 9.68 Å². The van der Waals surface area contributed by atoms with Gasteiger partial charge in [-0.05, 0) is 45.0 Å². The van der Waals surface area contributed by atoms with E-state index in [0.29, 0.717) is 22.9 Å². The number of hydrogen-bond acceptors (Lipinski definition) is 4. The van der Waals surface area contributed by atoms with Crippen molar-refractivity contribution in [2.75, 3.05) is 0 Å². The maximum atomic E-state index is 12.9. The molecule has 114 valence electrons.